The van der Waals surface area contributed by atoms with Gasteiger partial charge in [-0.2, -0.15) is 0 Å². The molecule has 2 aromatic rings. The van der Waals surface area contributed by atoms with Crippen LogP contribution in [0.25, 0.3) is 0 Å². The van der Waals surface area contributed by atoms with Gasteiger partial charge in [-0.15, -0.1) is 0 Å². The topological polar surface area (TPSA) is 61.5 Å². The van der Waals surface area contributed by atoms with Crippen LogP contribution in [0, 0.1) is 0 Å². The number of hydrogen-bond acceptors (Lipinski definition) is 4. The highest BCUT2D eigenvalue weighted by atomic mass is 79.9. The number of anilines is 1. The minimum atomic E-state index is -0.181. The minimum Gasteiger partial charge on any atom is -0.497 e. The Kier molecular flexibility index (Phi) is 4.29. The third-order valence-electron chi connectivity index (χ3n) is 2.92. The van der Waals surface area contributed by atoms with Crippen molar-refractivity contribution in [1.82, 2.24) is 0 Å². The molecule has 0 aliphatic rings. The molecule has 0 aromatic heterocycles. The molecule has 0 heterocycles. The molecular formula is C15H14BrNO3. The molecule has 2 aromatic carbocycles. The average Bonchev–Trinajstić information content (AvgIpc) is 2.48. The van der Waals surface area contributed by atoms with Gasteiger partial charge in [-0.1, -0.05) is 6.07 Å². The standard InChI is InChI=1S/C15H14BrNO3/c1-19-9-6-7-13(20-2)11(8-9)15(18)10-4-3-5-12(17)14(10)16/h3-8H,17H2,1-2H3. The van der Waals surface area contributed by atoms with E-state index >= 15 is 0 Å². The van der Waals surface area contributed by atoms with Gasteiger partial charge in [0.15, 0.2) is 5.78 Å². The van der Waals surface area contributed by atoms with E-state index in [0.717, 1.165) is 0 Å². The summed E-state index contributed by atoms with van der Waals surface area (Å²) in [5.74, 6) is 0.902. The highest BCUT2D eigenvalue weighted by Gasteiger charge is 2.18. The summed E-state index contributed by atoms with van der Waals surface area (Å²) in [6.07, 6.45) is 0. The third kappa shape index (κ3) is 2.63. The van der Waals surface area contributed by atoms with Gasteiger partial charge in [-0.3, -0.25) is 4.79 Å². The lowest BCUT2D eigenvalue weighted by atomic mass is 10.0. The second-order valence-electron chi connectivity index (χ2n) is 4.10. The first-order valence-corrected chi connectivity index (χ1v) is 6.68. The Labute approximate surface area is 125 Å². The molecule has 0 unspecified atom stereocenters. The van der Waals surface area contributed by atoms with Crippen LogP contribution in [0.4, 0.5) is 5.69 Å². The van der Waals surface area contributed by atoms with E-state index in [1.165, 1.54) is 7.11 Å². The molecule has 0 aliphatic carbocycles. The number of carbonyl (C=O) groups excluding carboxylic acids is 1. The summed E-state index contributed by atoms with van der Waals surface area (Å²) in [6, 6.07) is 10.3. The molecule has 0 radical (unpaired) electrons. The van der Waals surface area contributed by atoms with Gasteiger partial charge in [-0.25, -0.2) is 0 Å². The predicted molar refractivity (Wildman–Crippen MR) is 81.5 cm³/mol. The van der Waals surface area contributed by atoms with Crippen molar-refractivity contribution in [2.75, 3.05) is 20.0 Å². The maximum Gasteiger partial charge on any atom is 0.198 e. The van der Waals surface area contributed by atoms with Crippen LogP contribution in [-0.4, -0.2) is 20.0 Å². The van der Waals surface area contributed by atoms with Crippen LogP contribution in [0.1, 0.15) is 15.9 Å². The van der Waals surface area contributed by atoms with E-state index in [2.05, 4.69) is 15.9 Å². The van der Waals surface area contributed by atoms with Crippen molar-refractivity contribution in [3.05, 3.63) is 52.0 Å². The molecule has 4 nitrogen and oxygen atoms in total. The summed E-state index contributed by atoms with van der Waals surface area (Å²) in [5, 5.41) is 0. The highest BCUT2D eigenvalue weighted by molar-refractivity contribution is 9.10. The molecule has 104 valence electrons. The van der Waals surface area contributed by atoms with Crippen molar-refractivity contribution < 1.29 is 14.3 Å². The number of nitrogens with two attached hydrogens (primary N) is 1. The van der Waals surface area contributed by atoms with Crippen molar-refractivity contribution in [2.45, 2.75) is 0 Å². The monoisotopic (exact) mass is 335 g/mol. The van der Waals surface area contributed by atoms with E-state index in [1.54, 1.807) is 43.5 Å². The largest absolute Gasteiger partial charge is 0.497 e. The highest BCUT2D eigenvalue weighted by Crippen LogP contribution is 2.30. The molecular weight excluding hydrogens is 322 g/mol. The number of rotatable bonds is 4. The summed E-state index contributed by atoms with van der Waals surface area (Å²) in [6.45, 7) is 0. The number of halogens is 1. The zero-order chi connectivity index (χ0) is 14.7. The van der Waals surface area contributed by atoms with Crippen LogP contribution in [0.2, 0.25) is 0 Å². The quantitative estimate of drug-likeness (QED) is 0.688. The van der Waals surface area contributed by atoms with Crippen molar-refractivity contribution in [2.24, 2.45) is 0 Å². The second-order valence-corrected chi connectivity index (χ2v) is 4.90. The first-order chi connectivity index (χ1) is 9.58. The molecule has 0 spiro atoms. The number of nitrogen functional groups attached to an aromatic ring is 1. The molecule has 20 heavy (non-hydrogen) atoms. The Morgan fingerprint density at radius 3 is 2.50 bits per heavy atom. The summed E-state index contributed by atoms with van der Waals surface area (Å²) in [7, 11) is 3.07. The maximum atomic E-state index is 12.6. The van der Waals surface area contributed by atoms with Crippen LogP contribution in [0.5, 0.6) is 11.5 Å². The van der Waals surface area contributed by atoms with E-state index in [0.29, 0.717) is 32.8 Å². The summed E-state index contributed by atoms with van der Waals surface area (Å²) in [5.41, 5.74) is 7.23. The van der Waals surface area contributed by atoms with Gasteiger partial charge < -0.3 is 15.2 Å². The van der Waals surface area contributed by atoms with Crippen molar-refractivity contribution in [3.63, 3.8) is 0 Å². The minimum absolute atomic E-state index is 0.181. The second kappa shape index (κ2) is 5.96. The van der Waals surface area contributed by atoms with E-state index < -0.39 is 0 Å². The van der Waals surface area contributed by atoms with Gasteiger partial charge in [0, 0.05) is 11.3 Å². The van der Waals surface area contributed by atoms with Crippen LogP contribution >= 0.6 is 15.9 Å². The predicted octanol–water partition coefficient (Wildman–Crippen LogP) is 3.28. The summed E-state index contributed by atoms with van der Waals surface area (Å²) >= 11 is 3.34. The number of ether oxygens (including phenoxy) is 2. The summed E-state index contributed by atoms with van der Waals surface area (Å²) in [4.78, 5) is 12.6. The maximum absolute atomic E-state index is 12.6. The van der Waals surface area contributed by atoms with Gasteiger partial charge >= 0.3 is 0 Å². The Hall–Kier alpha value is -2.01. The normalized spacial score (nSPS) is 10.2. The fourth-order valence-electron chi connectivity index (χ4n) is 1.86. The zero-order valence-electron chi connectivity index (χ0n) is 11.1. The zero-order valence-corrected chi connectivity index (χ0v) is 12.7. The van der Waals surface area contributed by atoms with Crippen LogP contribution in [0.15, 0.2) is 40.9 Å². The molecule has 0 fully saturated rings. The lowest BCUT2D eigenvalue weighted by molar-refractivity contribution is 0.103. The van der Waals surface area contributed by atoms with Crippen molar-refractivity contribution >= 4 is 27.4 Å². The number of hydrogen-bond donors (Lipinski definition) is 1. The molecule has 0 atom stereocenters. The van der Waals surface area contributed by atoms with E-state index in [1.807, 2.05) is 0 Å². The Morgan fingerprint density at radius 1 is 1.10 bits per heavy atom. The van der Waals surface area contributed by atoms with Crippen LogP contribution < -0.4 is 15.2 Å². The van der Waals surface area contributed by atoms with Crippen LogP contribution in [0.3, 0.4) is 0 Å². The Morgan fingerprint density at radius 2 is 1.85 bits per heavy atom. The van der Waals surface area contributed by atoms with Crippen molar-refractivity contribution in [1.29, 1.82) is 0 Å². The molecule has 5 heteroatoms. The van der Waals surface area contributed by atoms with E-state index in [-0.39, 0.29) is 5.78 Å². The van der Waals surface area contributed by atoms with Gasteiger partial charge in [0.1, 0.15) is 11.5 Å². The molecule has 2 rings (SSSR count). The number of ketones is 1. The number of benzene rings is 2. The Balaban J connectivity index is 2.55. The lowest BCUT2D eigenvalue weighted by Crippen LogP contribution is -2.06. The number of carbonyl (C=O) groups is 1. The third-order valence-corrected chi connectivity index (χ3v) is 3.81. The van der Waals surface area contributed by atoms with Crippen LogP contribution in [-0.2, 0) is 0 Å². The SMILES string of the molecule is COc1ccc(OC)c(C(=O)c2cccc(N)c2Br)c1. The van der Waals surface area contributed by atoms with Gasteiger partial charge in [-0.05, 0) is 46.3 Å². The molecule has 0 amide bonds. The molecule has 0 aliphatic heterocycles. The average molecular weight is 336 g/mol. The first kappa shape index (κ1) is 14.4. The fraction of sp³-hybridized carbons (Fsp3) is 0.133. The van der Waals surface area contributed by atoms with E-state index in [4.69, 9.17) is 15.2 Å². The van der Waals surface area contributed by atoms with E-state index in [9.17, 15) is 4.79 Å². The smallest absolute Gasteiger partial charge is 0.198 e. The van der Waals surface area contributed by atoms with Gasteiger partial charge in [0.2, 0.25) is 0 Å². The van der Waals surface area contributed by atoms with Gasteiger partial charge in [0.25, 0.3) is 0 Å². The Bertz CT molecular complexity index is 656. The molecule has 0 saturated heterocycles. The molecule has 0 bridgehead atoms. The first-order valence-electron chi connectivity index (χ1n) is 5.89. The van der Waals surface area contributed by atoms with Gasteiger partial charge in [0.05, 0.1) is 24.3 Å². The number of methoxy groups -OCH3 is 2. The summed E-state index contributed by atoms with van der Waals surface area (Å²) < 4.78 is 11.0. The fourth-order valence-corrected chi connectivity index (χ4v) is 2.31. The molecule has 2 N–H and O–H groups in total. The lowest BCUT2D eigenvalue weighted by Gasteiger charge is -2.11. The molecule has 0 saturated carbocycles. The van der Waals surface area contributed by atoms with Crippen molar-refractivity contribution in [3.8, 4) is 11.5 Å².